The molecule has 2 N–H and O–H groups in total. The summed E-state index contributed by atoms with van der Waals surface area (Å²) < 4.78 is 5.30. The standard InChI is InChI=1S/C15H19N3O/c1-11(16)13-17-14(18-19-13)15(9-5-6-10-15)12-7-3-2-4-8-12/h2-4,7-8,11H,5-6,9-10,16H2,1H3/t11-/m0/s1. The third kappa shape index (κ3) is 2.06. The summed E-state index contributed by atoms with van der Waals surface area (Å²) in [5, 5.41) is 4.20. The highest BCUT2D eigenvalue weighted by atomic mass is 16.5. The van der Waals surface area contributed by atoms with Crippen molar-refractivity contribution < 1.29 is 4.52 Å². The minimum absolute atomic E-state index is 0.0854. The Morgan fingerprint density at radius 3 is 2.47 bits per heavy atom. The van der Waals surface area contributed by atoms with Crippen LogP contribution in [0.15, 0.2) is 34.9 Å². The number of hydrogen-bond acceptors (Lipinski definition) is 4. The van der Waals surface area contributed by atoms with Crippen LogP contribution in [-0.4, -0.2) is 10.1 Å². The molecule has 4 nitrogen and oxygen atoms in total. The van der Waals surface area contributed by atoms with Gasteiger partial charge in [0.1, 0.15) is 0 Å². The molecule has 19 heavy (non-hydrogen) atoms. The van der Waals surface area contributed by atoms with Crippen molar-refractivity contribution in [1.29, 1.82) is 0 Å². The molecule has 3 rings (SSSR count). The first-order valence-electron chi connectivity index (χ1n) is 6.87. The second-order valence-electron chi connectivity index (χ2n) is 5.40. The maximum atomic E-state index is 5.81. The zero-order valence-corrected chi connectivity index (χ0v) is 11.2. The quantitative estimate of drug-likeness (QED) is 0.918. The topological polar surface area (TPSA) is 64.9 Å². The van der Waals surface area contributed by atoms with Crippen molar-refractivity contribution >= 4 is 0 Å². The van der Waals surface area contributed by atoms with Gasteiger partial charge in [0.05, 0.1) is 11.5 Å². The van der Waals surface area contributed by atoms with E-state index in [0.29, 0.717) is 5.89 Å². The zero-order valence-electron chi connectivity index (χ0n) is 11.2. The number of aromatic nitrogens is 2. The SMILES string of the molecule is C[C@H](N)c1nc(C2(c3ccccc3)CCCC2)no1. The predicted molar refractivity (Wildman–Crippen MR) is 72.6 cm³/mol. The van der Waals surface area contributed by atoms with Gasteiger partial charge < -0.3 is 10.3 Å². The van der Waals surface area contributed by atoms with Gasteiger partial charge in [0.25, 0.3) is 0 Å². The van der Waals surface area contributed by atoms with Gasteiger partial charge in [-0.25, -0.2) is 0 Å². The molecular formula is C15H19N3O. The third-order valence-corrected chi connectivity index (χ3v) is 4.04. The smallest absolute Gasteiger partial charge is 0.243 e. The Morgan fingerprint density at radius 2 is 1.89 bits per heavy atom. The Hall–Kier alpha value is -1.68. The van der Waals surface area contributed by atoms with Crippen LogP contribution in [-0.2, 0) is 5.41 Å². The second-order valence-corrected chi connectivity index (χ2v) is 5.40. The Balaban J connectivity index is 2.05. The molecule has 0 bridgehead atoms. The minimum atomic E-state index is -0.213. The molecular weight excluding hydrogens is 238 g/mol. The van der Waals surface area contributed by atoms with Gasteiger partial charge in [-0.3, -0.25) is 0 Å². The number of hydrogen-bond donors (Lipinski definition) is 1. The summed E-state index contributed by atoms with van der Waals surface area (Å²) in [6, 6.07) is 10.3. The first kappa shape index (κ1) is 12.4. The van der Waals surface area contributed by atoms with Crippen molar-refractivity contribution in [1.82, 2.24) is 10.1 Å². The summed E-state index contributed by atoms with van der Waals surface area (Å²) in [7, 11) is 0. The van der Waals surface area contributed by atoms with E-state index < -0.39 is 0 Å². The molecule has 0 amide bonds. The Kier molecular flexibility index (Phi) is 3.11. The van der Waals surface area contributed by atoms with Crippen LogP contribution < -0.4 is 5.73 Å². The lowest BCUT2D eigenvalue weighted by atomic mass is 9.78. The fourth-order valence-electron chi connectivity index (χ4n) is 2.99. The van der Waals surface area contributed by atoms with Crippen molar-refractivity contribution in [2.45, 2.75) is 44.1 Å². The van der Waals surface area contributed by atoms with E-state index in [1.807, 2.05) is 13.0 Å². The summed E-state index contributed by atoms with van der Waals surface area (Å²) in [6.07, 6.45) is 4.57. The summed E-state index contributed by atoms with van der Waals surface area (Å²) in [5.41, 5.74) is 7.01. The molecule has 0 radical (unpaired) electrons. The molecule has 4 heteroatoms. The van der Waals surface area contributed by atoms with E-state index in [0.717, 1.165) is 18.7 Å². The summed E-state index contributed by atoms with van der Waals surface area (Å²) in [6.45, 7) is 1.86. The van der Waals surface area contributed by atoms with Gasteiger partial charge in [-0.2, -0.15) is 4.98 Å². The fourth-order valence-corrected chi connectivity index (χ4v) is 2.99. The van der Waals surface area contributed by atoms with Gasteiger partial charge in [-0.15, -0.1) is 0 Å². The molecule has 1 saturated carbocycles. The van der Waals surface area contributed by atoms with Gasteiger partial charge in [0.15, 0.2) is 5.82 Å². The second kappa shape index (κ2) is 4.78. The molecule has 0 aliphatic heterocycles. The van der Waals surface area contributed by atoms with Crippen LogP contribution in [0, 0.1) is 0 Å². The van der Waals surface area contributed by atoms with Gasteiger partial charge in [-0.05, 0) is 25.3 Å². The van der Waals surface area contributed by atoms with Crippen molar-refractivity contribution in [3.8, 4) is 0 Å². The van der Waals surface area contributed by atoms with Crippen LogP contribution in [0.25, 0.3) is 0 Å². The highest BCUT2D eigenvalue weighted by Crippen LogP contribution is 2.45. The molecule has 100 valence electrons. The summed E-state index contributed by atoms with van der Waals surface area (Å²) in [4.78, 5) is 4.54. The molecule has 0 spiro atoms. The predicted octanol–water partition coefficient (Wildman–Crippen LogP) is 2.95. The van der Waals surface area contributed by atoms with Crippen LogP contribution in [0.2, 0.25) is 0 Å². The Bertz CT molecular complexity index is 542. The largest absolute Gasteiger partial charge is 0.338 e. The summed E-state index contributed by atoms with van der Waals surface area (Å²) in [5.74, 6) is 1.32. The van der Waals surface area contributed by atoms with E-state index in [4.69, 9.17) is 10.3 Å². The van der Waals surface area contributed by atoms with Crippen LogP contribution in [0.5, 0.6) is 0 Å². The Morgan fingerprint density at radius 1 is 1.21 bits per heavy atom. The summed E-state index contributed by atoms with van der Waals surface area (Å²) >= 11 is 0. The highest BCUT2D eigenvalue weighted by molar-refractivity contribution is 5.33. The maximum Gasteiger partial charge on any atom is 0.243 e. The molecule has 1 aromatic carbocycles. The first-order valence-corrected chi connectivity index (χ1v) is 6.87. The molecule has 0 saturated heterocycles. The Labute approximate surface area is 113 Å². The molecule has 1 aromatic heterocycles. The van der Waals surface area contributed by atoms with Gasteiger partial charge in [0, 0.05) is 0 Å². The van der Waals surface area contributed by atoms with E-state index >= 15 is 0 Å². The lowest BCUT2D eigenvalue weighted by Crippen LogP contribution is -2.25. The van der Waals surface area contributed by atoms with Gasteiger partial charge in [-0.1, -0.05) is 48.3 Å². The van der Waals surface area contributed by atoms with Crippen LogP contribution in [0.4, 0.5) is 0 Å². The normalized spacial score (nSPS) is 19.5. The highest BCUT2D eigenvalue weighted by Gasteiger charge is 2.41. The molecule has 1 fully saturated rings. The average molecular weight is 257 g/mol. The molecule has 1 aliphatic rings. The average Bonchev–Trinajstić information content (AvgIpc) is 3.09. The minimum Gasteiger partial charge on any atom is -0.338 e. The van der Waals surface area contributed by atoms with Crippen LogP contribution in [0.1, 0.15) is 55.9 Å². The number of nitrogens with two attached hydrogens (primary N) is 1. The monoisotopic (exact) mass is 257 g/mol. The fraction of sp³-hybridized carbons (Fsp3) is 0.467. The van der Waals surface area contributed by atoms with Crippen molar-refractivity contribution in [3.05, 3.63) is 47.6 Å². The number of benzene rings is 1. The molecule has 1 heterocycles. The lowest BCUT2D eigenvalue weighted by Gasteiger charge is -2.25. The van der Waals surface area contributed by atoms with E-state index in [9.17, 15) is 0 Å². The van der Waals surface area contributed by atoms with Crippen molar-refractivity contribution in [2.24, 2.45) is 5.73 Å². The van der Waals surface area contributed by atoms with E-state index in [-0.39, 0.29) is 11.5 Å². The van der Waals surface area contributed by atoms with Crippen molar-refractivity contribution in [3.63, 3.8) is 0 Å². The molecule has 1 aliphatic carbocycles. The molecule has 2 aromatic rings. The van der Waals surface area contributed by atoms with Crippen LogP contribution in [0.3, 0.4) is 0 Å². The van der Waals surface area contributed by atoms with Gasteiger partial charge in [0.2, 0.25) is 5.89 Å². The van der Waals surface area contributed by atoms with E-state index in [1.54, 1.807) is 0 Å². The van der Waals surface area contributed by atoms with E-state index in [1.165, 1.54) is 18.4 Å². The zero-order chi connectivity index (χ0) is 13.3. The third-order valence-electron chi connectivity index (χ3n) is 4.04. The first-order chi connectivity index (χ1) is 9.22. The lowest BCUT2D eigenvalue weighted by molar-refractivity contribution is 0.347. The maximum absolute atomic E-state index is 5.81. The molecule has 0 unspecified atom stereocenters. The van der Waals surface area contributed by atoms with E-state index in [2.05, 4.69) is 34.4 Å². The van der Waals surface area contributed by atoms with Crippen molar-refractivity contribution in [2.75, 3.05) is 0 Å². The van der Waals surface area contributed by atoms with Crippen LogP contribution >= 0.6 is 0 Å². The molecule has 1 atom stereocenters. The number of rotatable bonds is 3. The van der Waals surface area contributed by atoms with Gasteiger partial charge >= 0.3 is 0 Å². The number of nitrogens with zero attached hydrogens (tertiary/aromatic N) is 2.